The number of pyridine rings is 1. The van der Waals surface area contributed by atoms with Gasteiger partial charge in [-0.1, -0.05) is 12.1 Å². The minimum atomic E-state index is -0.506. The number of nitrogens with one attached hydrogen (secondary N) is 3. The number of aromatic amines is 2. The number of imidazole rings is 2. The summed E-state index contributed by atoms with van der Waals surface area (Å²) in [7, 11) is 0. The van der Waals surface area contributed by atoms with Crippen LogP contribution in [0, 0.1) is 0 Å². The molecule has 45 heavy (non-hydrogen) atoms. The number of hydrogen-bond donors (Lipinski definition) is 3. The molecule has 236 valence electrons. The number of H-pyrrole nitrogens is 2. The Morgan fingerprint density at radius 2 is 1.69 bits per heavy atom. The molecule has 0 spiro atoms. The number of carbonyl (C=O) groups excluding carboxylic acids is 1. The zero-order valence-corrected chi connectivity index (χ0v) is 26.8. The highest BCUT2D eigenvalue weighted by molar-refractivity contribution is 5.84. The zero-order chi connectivity index (χ0) is 30.8. The van der Waals surface area contributed by atoms with Crippen molar-refractivity contribution in [2.75, 3.05) is 13.1 Å². The molecule has 9 heteroatoms. The van der Waals surface area contributed by atoms with Crippen LogP contribution in [0.15, 0.2) is 42.7 Å². The first-order chi connectivity index (χ1) is 21.7. The highest BCUT2D eigenvalue weighted by Crippen LogP contribution is 2.58. The second-order valence-electron chi connectivity index (χ2n) is 15.0. The van der Waals surface area contributed by atoms with Crippen molar-refractivity contribution >= 4 is 17.0 Å². The van der Waals surface area contributed by atoms with Crippen molar-refractivity contribution in [2.45, 2.75) is 113 Å². The Kier molecular flexibility index (Phi) is 6.82. The van der Waals surface area contributed by atoms with Crippen molar-refractivity contribution in [3.63, 3.8) is 0 Å². The third-order valence-electron chi connectivity index (χ3n) is 11.1. The SMILES string of the molecule is CC(C)(C)OC(=O)N1CCCC1c1ncc(C23CCC(c4ccc5cc(-c6cnc(C7CCCN7)[nH]6)ccc5n4)(CC2)CC3)[nH]1. The molecule has 9 nitrogen and oxygen atoms in total. The van der Waals surface area contributed by atoms with Gasteiger partial charge >= 0.3 is 6.09 Å². The number of amides is 1. The van der Waals surface area contributed by atoms with Crippen molar-refractivity contribution in [1.29, 1.82) is 0 Å². The molecule has 5 heterocycles. The molecule has 5 aliphatic rings. The van der Waals surface area contributed by atoms with Gasteiger partial charge < -0.3 is 20.0 Å². The van der Waals surface area contributed by atoms with Crippen LogP contribution in [-0.4, -0.2) is 54.6 Å². The topological polar surface area (TPSA) is 112 Å². The maximum Gasteiger partial charge on any atom is 0.410 e. The molecule has 2 aliphatic heterocycles. The summed E-state index contributed by atoms with van der Waals surface area (Å²) in [5, 5.41) is 4.69. The molecule has 1 amide bonds. The Morgan fingerprint density at radius 1 is 0.911 bits per heavy atom. The van der Waals surface area contributed by atoms with Crippen molar-refractivity contribution in [3.8, 4) is 11.3 Å². The van der Waals surface area contributed by atoms with E-state index >= 15 is 0 Å². The van der Waals surface area contributed by atoms with Crippen LogP contribution in [0.3, 0.4) is 0 Å². The quantitative estimate of drug-likeness (QED) is 0.218. The molecule has 3 saturated carbocycles. The molecule has 3 N–H and O–H groups in total. The van der Waals surface area contributed by atoms with Crippen LogP contribution in [0.5, 0.6) is 0 Å². The minimum absolute atomic E-state index is 0.0433. The average Bonchev–Trinajstić information content (AvgIpc) is 3.86. The number of likely N-dealkylation sites (tertiary alicyclic amines) is 1. The maximum atomic E-state index is 12.9. The highest BCUT2D eigenvalue weighted by atomic mass is 16.6. The molecule has 3 aliphatic carbocycles. The standard InChI is InChI=1S/C36H45N7O2/c1-34(2,3)45-33(44)43-19-5-7-28(43)32-39-22-30(42-32)36-15-12-35(13-16-36,14-17-36)29-11-9-23-20-24(8-10-25(23)40-29)27-21-38-31(41-27)26-6-4-18-37-26/h8-11,20-22,26,28,37H,4-7,12-19H2,1-3H3,(H,38,41)(H,39,42). The summed E-state index contributed by atoms with van der Waals surface area (Å²) in [5.74, 6) is 1.94. The highest BCUT2D eigenvalue weighted by Gasteiger charge is 2.51. The normalized spacial score (nSPS) is 28.3. The van der Waals surface area contributed by atoms with Crippen LogP contribution in [0.25, 0.3) is 22.2 Å². The Morgan fingerprint density at radius 3 is 2.44 bits per heavy atom. The molecule has 1 aromatic carbocycles. The number of ether oxygens (including phenoxy) is 1. The monoisotopic (exact) mass is 607 g/mol. The lowest BCUT2D eigenvalue weighted by Crippen LogP contribution is -2.47. The lowest BCUT2D eigenvalue weighted by Gasteiger charge is -2.53. The van der Waals surface area contributed by atoms with E-state index in [1.165, 1.54) is 23.2 Å². The number of nitrogens with zero attached hydrogens (tertiary/aromatic N) is 4. The second-order valence-corrected chi connectivity index (χ2v) is 15.0. The summed E-state index contributed by atoms with van der Waals surface area (Å²) in [6.07, 6.45) is 14.8. The smallest absolute Gasteiger partial charge is 0.410 e. The van der Waals surface area contributed by atoms with Crippen LogP contribution < -0.4 is 5.32 Å². The number of benzene rings is 1. The van der Waals surface area contributed by atoms with E-state index in [0.717, 1.165) is 92.8 Å². The van der Waals surface area contributed by atoms with Crippen molar-refractivity contribution in [2.24, 2.45) is 0 Å². The first-order valence-electron chi connectivity index (χ1n) is 17.0. The summed E-state index contributed by atoms with van der Waals surface area (Å²) in [5.41, 5.74) is 5.53. The molecule has 4 aromatic rings. The Labute approximate surface area is 265 Å². The lowest BCUT2D eigenvalue weighted by atomic mass is 9.52. The molecule has 2 unspecified atom stereocenters. The van der Waals surface area contributed by atoms with Crippen LogP contribution in [-0.2, 0) is 15.6 Å². The minimum Gasteiger partial charge on any atom is -0.444 e. The molecule has 0 radical (unpaired) electrons. The summed E-state index contributed by atoms with van der Waals surface area (Å²) < 4.78 is 5.70. The first kappa shape index (κ1) is 28.7. The molecule has 2 bridgehead atoms. The maximum absolute atomic E-state index is 12.9. The third kappa shape index (κ3) is 5.13. The summed E-state index contributed by atoms with van der Waals surface area (Å²) >= 11 is 0. The first-order valence-corrected chi connectivity index (χ1v) is 17.0. The second kappa shape index (κ2) is 10.7. The fourth-order valence-corrected chi connectivity index (χ4v) is 8.51. The zero-order valence-electron chi connectivity index (χ0n) is 26.8. The number of fused-ring (bicyclic) bond motifs is 4. The van der Waals surface area contributed by atoms with Gasteiger partial charge in [0.2, 0.25) is 0 Å². The predicted molar refractivity (Wildman–Crippen MR) is 174 cm³/mol. The van der Waals surface area contributed by atoms with E-state index in [2.05, 4.69) is 56.8 Å². The van der Waals surface area contributed by atoms with Crippen LogP contribution in [0.2, 0.25) is 0 Å². The van der Waals surface area contributed by atoms with E-state index in [4.69, 9.17) is 14.7 Å². The molecule has 2 saturated heterocycles. The van der Waals surface area contributed by atoms with Crippen molar-refractivity contribution < 1.29 is 9.53 Å². The van der Waals surface area contributed by atoms with Gasteiger partial charge in [-0.05, 0) is 110 Å². The van der Waals surface area contributed by atoms with E-state index < -0.39 is 5.60 Å². The third-order valence-corrected chi connectivity index (χ3v) is 11.1. The summed E-state index contributed by atoms with van der Waals surface area (Å²) in [4.78, 5) is 36.8. The van der Waals surface area contributed by atoms with Crippen molar-refractivity contribution in [3.05, 3.63) is 65.8 Å². The van der Waals surface area contributed by atoms with Gasteiger partial charge in [0.1, 0.15) is 17.2 Å². The van der Waals surface area contributed by atoms with Gasteiger partial charge in [-0.3, -0.25) is 9.88 Å². The van der Waals surface area contributed by atoms with E-state index in [0.29, 0.717) is 12.6 Å². The van der Waals surface area contributed by atoms with Crippen LogP contribution in [0.4, 0.5) is 4.79 Å². The molecule has 2 atom stereocenters. The fraction of sp³-hybridized carbons (Fsp3) is 0.556. The number of aromatic nitrogens is 5. The Hall–Kier alpha value is -3.72. The van der Waals surface area contributed by atoms with Gasteiger partial charge in [0.05, 0.1) is 29.5 Å². The molecule has 5 fully saturated rings. The fourth-order valence-electron chi connectivity index (χ4n) is 8.51. The predicted octanol–water partition coefficient (Wildman–Crippen LogP) is 7.39. The molecule has 3 aromatic heterocycles. The number of hydrogen-bond acceptors (Lipinski definition) is 6. The molecular weight excluding hydrogens is 562 g/mol. The molecule has 9 rings (SSSR count). The van der Waals surface area contributed by atoms with Crippen LogP contribution in [0.1, 0.15) is 120 Å². The Balaban J connectivity index is 0.968. The van der Waals surface area contributed by atoms with E-state index in [1.54, 1.807) is 0 Å². The number of carbonyl (C=O) groups is 1. The van der Waals surface area contributed by atoms with E-state index in [9.17, 15) is 4.79 Å². The van der Waals surface area contributed by atoms with Gasteiger partial charge in [-0.15, -0.1) is 0 Å². The lowest BCUT2D eigenvalue weighted by molar-refractivity contribution is 0.0218. The largest absolute Gasteiger partial charge is 0.444 e. The number of rotatable bonds is 5. The van der Waals surface area contributed by atoms with Gasteiger partial charge in [0, 0.05) is 45.9 Å². The Bertz CT molecular complexity index is 1700. The van der Waals surface area contributed by atoms with E-state index in [-0.39, 0.29) is 23.0 Å². The van der Waals surface area contributed by atoms with Gasteiger partial charge in [-0.2, -0.15) is 0 Å². The molecular formula is C36H45N7O2. The van der Waals surface area contributed by atoms with Crippen molar-refractivity contribution in [1.82, 2.24) is 35.1 Å². The van der Waals surface area contributed by atoms with E-state index in [1.807, 2.05) is 31.9 Å². The summed E-state index contributed by atoms with van der Waals surface area (Å²) in [6, 6.07) is 11.4. The van der Waals surface area contributed by atoms with Gasteiger partial charge in [0.25, 0.3) is 0 Å². The van der Waals surface area contributed by atoms with Gasteiger partial charge in [-0.25, -0.2) is 14.8 Å². The average molecular weight is 608 g/mol. The van der Waals surface area contributed by atoms with Crippen LogP contribution >= 0.6 is 0 Å². The summed E-state index contributed by atoms with van der Waals surface area (Å²) in [6.45, 7) is 7.53. The van der Waals surface area contributed by atoms with Gasteiger partial charge in [0.15, 0.2) is 0 Å².